The third kappa shape index (κ3) is 3.01. The summed E-state index contributed by atoms with van der Waals surface area (Å²) in [6.45, 7) is -0.230. The lowest BCUT2D eigenvalue weighted by atomic mass is 10.2. The molecule has 110 valence electrons. The van der Waals surface area contributed by atoms with Gasteiger partial charge in [-0.15, -0.1) is 0 Å². The molecule has 9 heteroatoms. The highest BCUT2D eigenvalue weighted by molar-refractivity contribution is 14.1. The summed E-state index contributed by atoms with van der Waals surface area (Å²) in [5, 5.41) is 27.9. The number of halogens is 1. The molecule has 1 fully saturated rings. The second-order valence-corrected chi connectivity index (χ2v) is 4.99. The molecular weight excluding hydrogens is 381 g/mol. The minimum atomic E-state index is -0.906. The molecule has 0 aromatic carbocycles. The van der Waals surface area contributed by atoms with Gasteiger partial charge in [0.1, 0.15) is 6.10 Å². The molecule has 1 aromatic rings. The summed E-state index contributed by atoms with van der Waals surface area (Å²) in [5.74, 6) is 0.0189. The van der Waals surface area contributed by atoms with Gasteiger partial charge in [0.05, 0.1) is 12.7 Å². The maximum atomic E-state index is 11.9. The quantitative estimate of drug-likeness (QED) is 0.422. The molecule has 1 aliphatic rings. The Morgan fingerprint density at radius 1 is 1.65 bits per heavy atom. The largest absolute Gasteiger partial charge is 0.394 e. The fourth-order valence-electron chi connectivity index (χ4n) is 2.04. The van der Waals surface area contributed by atoms with Crippen molar-refractivity contribution in [1.29, 1.82) is 0 Å². The summed E-state index contributed by atoms with van der Waals surface area (Å²) in [4.78, 5) is 15.6. The van der Waals surface area contributed by atoms with Gasteiger partial charge in [0.2, 0.25) is 0 Å². The molecule has 0 spiro atoms. The fraction of sp³-hybridized carbons (Fsp3) is 0.455. The number of aliphatic hydroxyl groups excluding tert-OH is 2. The number of nitrogens with zero attached hydrogens (tertiary/aromatic N) is 2. The molecule has 0 amide bonds. The van der Waals surface area contributed by atoms with Crippen LogP contribution in [0.1, 0.15) is 18.2 Å². The second kappa shape index (κ2) is 6.63. The number of aliphatic hydroxyl groups is 2. The average Bonchev–Trinajstić information content (AvgIpc) is 2.81. The number of hydrogen-bond acceptors (Lipinski definition) is 7. The van der Waals surface area contributed by atoms with Gasteiger partial charge in [0.15, 0.2) is 12.0 Å². The number of aromatic nitrogens is 2. The predicted octanol–water partition coefficient (Wildman–Crippen LogP) is 0.0908. The van der Waals surface area contributed by atoms with Crippen molar-refractivity contribution in [2.45, 2.75) is 24.9 Å². The Bertz CT molecular complexity index is 561. The lowest BCUT2D eigenvalue weighted by molar-refractivity contribution is -0.0530. The molecule has 1 unspecified atom stereocenters. The Morgan fingerprint density at radius 2 is 2.40 bits per heavy atom. The van der Waals surface area contributed by atoms with Crippen molar-refractivity contribution in [3.8, 4) is 0 Å². The van der Waals surface area contributed by atoms with Crippen LogP contribution < -0.4 is 11.2 Å². The minimum Gasteiger partial charge on any atom is -0.394 e. The van der Waals surface area contributed by atoms with Crippen LogP contribution in [0.3, 0.4) is 0 Å². The lowest BCUT2D eigenvalue weighted by Gasteiger charge is -2.18. The molecule has 4 N–H and O–H groups in total. The fourth-order valence-corrected chi connectivity index (χ4v) is 2.43. The Hall–Kier alpha value is -1.01. The van der Waals surface area contributed by atoms with Gasteiger partial charge in [-0.05, 0) is 10.2 Å². The first kappa shape index (κ1) is 15.4. The molecule has 1 aliphatic heterocycles. The third-order valence-corrected chi connectivity index (χ3v) is 3.33. The summed E-state index contributed by atoms with van der Waals surface area (Å²) in [7, 11) is 0. The highest BCUT2D eigenvalue weighted by Gasteiger charge is 2.35. The molecule has 1 saturated heterocycles. The van der Waals surface area contributed by atoms with Crippen LogP contribution in [0.2, 0.25) is 0 Å². The van der Waals surface area contributed by atoms with Crippen LogP contribution in [0, 0.1) is 0 Å². The molecule has 0 bridgehead atoms. The maximum Gasteiger partial charge on any atom is 0.351 e. The zero-order valence-electron chi connectivity index (χ0n) is 10.3. The van der Waals surface area contributed by atoms with E-state index in [1.54, 1.807) is 10.2 Å². The first-order valence-electron chi connectivity index (χ1n) is 5.85. The van der Waals surface area contributed by atoms with E-state index in [1.807, 2.05) is 28.1 Å². The van der Waals surface area contributed by atoms with E-state index in [-0.39, 0.29) is 18.8 Å². The molecule has 8 nitrogen and oxygen atoms in total. The van der Waals surface area contributed by atoms with Gasteiger partial charge in [-0.1, -0.05) is 22.6 Å². The zero-order chi connectivity index (χ0) is 14.7. The summed E-state index contributed by atoms with van der Waals surface area (Å²) in [5.41, 5.74) is 1.64. The number of anilines is 1. The van der Waals surface area contributed by atoms with Crippen molar-refractivity contribution in [2.75, 3.05) is 12.1 Å². The molecule has 0 radical (unpaired) electrons. The molecule has 1 aromatic heterocycles. The smallest absolute Gasteiger partial charge is 0.351 e. The van der Waals surface area contributed by atoms with E-state index in [2.05, 4.69) is 4.98 Å². The zero-order valence-corrected chi connectivity index (χ0v) is 12.5. The molecular formula is C11H14IN3O5. The van der Waals surface area contributed by atoms with Crippen LogP contribution in [-0.4, -0.2) is 43.8 Å². The van der Waals surface area contributed by atoms with Crippen molar-refractivity contribution < 1.29 is 20.2 Å². The van der Waals surface area contributed by atoms with Gasteiger partial charge in [0.25, 0.3) is 0 Å². The summed E-state index contributed by atoms with van der Waals surface area (Å²) in [6, 6.07) is 0. The van der Waals surface area contributed by atoms with Gasteiger partial charge >= 0.3 is 5.69 Å². The van der Waals surface area contributed by atoms with Crippen molar-refractivity contribution >= 4 is 34.5 Å². The van der Waals surface area contributed by atoms with Crippen LogP contribution in [0.5, 0.6) is 0 Å². The Balaban J connectivity index is 2.42. The van der Waals surface area contributed by atoms with Gasteiger partial charge in [-0.3, -0.25) is 15.3 Å². The highest BCUT2D eigenvalue weighted by atomic mass is 127. The standard InChI is InChI=1S/C11H14IN3O5/c12-2-1-6-4-15(11(18)13-9(6)14-19)10-8(17)3-7(5-16)20-10/h1-2,4,7-8,10,16-17,19H,3,5H2,(H,13,14,18)/t7-,8?,10+/m0/s1. The number of nitrogens with one attached hydrogen (secondary N) is 1. The summed E-state index contributed by atoms with van der Waals surface area (Å²) in [6.07, 6.45) is 0.979. The highest BCUT2D eigenvalue weighted by Crippen LogP contribution is 2.28. The van der Waals surface area contributed by atoms with Gasteiger partial charge in [-0.25, -0.2) is 4.79 Å². The van der Waals surface area contributed by atoms with E-state index in [1.165, 1.54) is 6.20 Å². The Labute approximate surface area is 127 Å². The molecule has 0 saturated carbocycles. The van der Waals surface area contributed by atoms with E-state index >= 15 is 0 Å². The van der Waals surface area contributed by atoms with Crippen LogP contribution in [-0.2, 0) is 4.74 Å². The van der Waals surface area contributed by atoms with Crippen LogP contribution in [0.15, 0.2) is 15.1 Å². The average molecular weight is 395 g/mol. The van der Waals surface area contributed by atoms with E-state index in [0.29, 0.717) is 5.56 Å². The van der Waals surface area contributed by atoms with Crippen LogP contribution >= 0.6 is 22.6 Å². The number of ether oxygens (including phenoxy) is 1. The summed E-state index contributed by atoms with van der Waals surface area (Å²) >= 11 is 1.99. The normalized spacial score (nSPS) is 26.3. The first-order valence-corrected chi connectivity index (χ1v) is 7.09. The Morgan fingerprint density at radius 3 is 2.95 bits per heavy atom. The van der Waals surface area contributed by atoms with E-state index in [9.17, 15) is 9.90 Å². The molecule has 2 heterocycles. The van der Waals surface area contributed by atoms with Gasteiger partial charge in [-0.2, -0.15) is 4.98 Å². The third-order valence-electron chi connectivity index (χ3n) is 2.97. The van der Waals surface area contributed by atoms with E-state index < -0.39 is 24.1 Å². The van der Waals surface area contributed by atoms with Gasteiger partial charge in [0, 0.05) is 18.2 Å². The van der Waals surface area contributed by atoms with Crippen molar-refractivity contribution in [3.63, 3.8) is 0 Å². The Kier molecular flexibility index (Phi) is 5.10. The second-order valence-electron chi connectivity index (χ2n) is 4.27. The van der Waals surface area contributed by atoms with Gasteiger partial charge < -0.3 is 14.9 Å². The predicted molar refractivity (Wildman–Crippen MR) is 78.6 cm³/mol. The molecule has 20 heavy (non-hydrogen) atoms. The molecule has 0 aliphatic carbocycles. The number of rotatable bonds is 4. The number of hydrogen-bond donors (Lipinski definition) is 4. The van der Waals surface area contributed by atoms with Crippen molar-refractivity contribution in [3.05, 3.63) is 26.3 Å². The molecule has 2 rings (SSSR count). The van der Waals surface area contributed by atoms with Crippen LogP contribution in [0.4, 0.5) is 5.82 Å². The SMILES string of the molecule is O=c1nc(NO)c(C=CI)cn1[C@@H]1O[C@H](CO)CC1O. The monoisotopic (exact) mass is 395 g/mol. The van der Waals surface area contributed by atoms with Crippen molar-refractivity contribution in [2.24, 2.45) is 0 Å². The summed E-state index contributed by atoms with van der Waals surface area (Å²) < 4.78 is 8.24. The first-order chi connectivity index (χ1) is 9.60. The van der Waals surface area contributed by atoms with E-state index in [4.69, 9.17) is 15.1 Å². The lowest BCUT2D eigenvalue weighted by Crippen LogP contribution is -2.32. The topological polar surface area (TPSA) is 117 Å². The minimum absolute atomic E-state index is 0.0189. The van der Waals surface area contributed by atoms with Crippen LogP contribution in [0.25, 0.3) is 6.08 Å². The maximum absolute atomic E-state index is 11.9. The van der Waals surface area contributed by atoms with E-state index in [0.717, 1.165) is 4.57 Å². The molecule has 3 atom stereocenters. The van der Waals surface area contributed by atoms with Crippen molar-refractivity contribution in [1.82, 2.24) is 9.55 Å².